The normalized spacial score (nSPS) is 11.1. The van der Waals surface area contributed by atoms with Crippen LogP contribution in [0.5, 0.6) is 17.4 Å². The highest BCUT2D eigenvalue weighted by Crippen LogP contribution is 2.30. The van der Waals surface area contributed by atoms with Crippen molar-refractivity contribution in [1.82, 2.24) is 20.6 Å². The van der Waals surface area contributed by atoms with Gasteiger partial charge >= 0.3 is 0 Å². The largest absolute Gasteiger partial charge is 0.490 e. The fourth-order valence-corrected chi connectivity index (χ4v) is 2.68. The van der Waals surface area contributed by atoms with Gasteiger partial charge in [0.05, 0.1) is 25.4 Å². The number of aliphatic imine (C=N–C) groups is 1. The molecule has 30 heavy (non-hydrogen) atoms. The lowest BCUT2D eigenvalue weighted by atomic mass is 10.3. The van der Waals surface area contributed by atoms with Gasteiger partial charge in [0.2, 0.25) is 5.88 Å². The summed E-state index contributed by atoms with van der Waals surface area (Å²) < 4.78 is 11.5. The monoisotopic (exact) mass is 405 g/mol. The van der Waals surface area contributed by atoms with Crippen molar-refractivity contribution in [1.29, 1.82) is 0 Å². The molecule has 156 valence electrons. The molecule has 0 fully saturated rings. The maximum atomic E-state index is 5.87. The third-order valence-corrected chi connectivity index (χ3v) is 4.09. The van der Waals surface area contributed by atoms with E-state index >= 15 is 0 Å². The third kappa shape index (κ3) is 6.48. The number of hydrogen-bond donors (Lipinski definition) is 2. The lowest BCUT2D eigenvalue weighted by Crippen LogP contribution is -2.37. The van der Waals surface area contributed by atoms with Crippen molar-refractivity contribution in [3.63, 3.8) is 0 Å². The highest BCUT2D eigenvalue weighted by molar-refractivity contribution is 5.79. The minimum atomic E-state index is 0.500. The molecule has 0 saturated carbocycles. The van der Waals surface area contributed by atoms with Gasteiger partial charge in [-0.15, -0.1) is 0 Å². The molecule has 7 nitrogen and oxygen atoms in total. The SMILES string of the molecule is CCNC(=NCc1ccc(Oc2ccccc2OCC)nc1)NCc1ccccn1. The second-order valence-electron chi connectivity index (χ2n) is 6.36. The summed E-state index contributed by atoms with van der Waals surface area (Å²) in [7, 11) is 0. The summed E-state index contributed by atoms with van der Waals surface area (Å²) in [6.45, 7) is 6.44. The van der Waals surface area contributed by atoms with E-state index in [1.807, 2.05) is 68.4 Å². The van der Waals surface area contributed by atoms with Crippen LogP contribution in [0.2, 0.25) is 0 Å². The second kappa shape index (κ2) is 11.4. The molecule has 0 aliphatic carbocycles. The number of nitrogens with zero attached hydrogens (tertiary/aromatic N) is 3. The van der Waals surface area contributed by atoms with Crippen LogP contribution in [0, 0.1) is 0 Å². The highest BCUT2D eigenvalue weighted by atomic mass is 16.5. The van der Waals surface area contributed by atoms with Crippen LogP contribution < -0.4 is 20.1 Å². The number of aromatic nitrogens is 2. The molecule has 0 radical (unpaired) electrons. The molecule has 2 N–H and O–H groups in total. The smallest absolute Gasteiger partial charge is 0.219 e. The van der Waals surface area contributed by atoms with Crippen molar-refractivity contribution >= 4 is 5.96 Å². The minimum absolute atomic E-state index is 0.500. The maximum absolute atomic E-state index is 5.87. The first-order chi connectivity index (χ1) is 14.8. The molecule has 0 aliphatic heterocycles. The van der Waals surface area contributed by atoms with Crippen molar-refractivity contribution in [2.75, 3.05) is 13.2 Å². The standard InChI is InChI=1S/C23H27N5O2/c1-3-24-23(28-17-19-9-7-8-14-25-19)27-16-18-12-13-22(26-15-18)30-21-11-6-5-10-20(21)29-4-2/h5-15H,3-4,16-17H2,1-2H3,(H2,24,27,28). The van der Waals surface area contributed by atoms with Gasteiger partial charge in [-0.25, -0.2) is 9.98 Å². The predicted octanol–water partition coefficient (Wildman–Crippen LogP) is 3.92. The van der Waals surface area contributed by atoms with E-state index in [9.17, 15) is 0 Å². The van der Waals surface area contributed by atoms with Crippen molar-refractivity contribution in [2.24, 2.45) is 4.99 Å². The summed E-state index contributed by atoms with van der Waals surface area (Å²) in [5.74, 6) is 2.58. The van der Waals surface area contributed by atoms with Crippen molar-refractivity contribution in [3.8, 4) is 17.4 Å². The number of pyridine rings is 2. The Bertz CT molecular complexity index is 930. The lowest BCUT2D eigenvalue weighted by Gasteiger charge is -2.11. The van der Waals surface area contributed by atoms with E-state index in [2.05, 4.69) is 25.6 Å². The van der Waals surface area contributed by atoms with Crippen molar-refractivity contribution < 1.29 is 9.47 Å². The van der Waals surface area contributed by atoms with Crippen LogP contribution in [0.3, 0.4) is 0 Å². The predicted molar refractivity (Wildman–Crippen MR) is 118 cm³/mol. The number of rotatable bonds is 9. The minimum Gasteiger partial charge on any atom is -0.490 e. The van der Waals surface area contributed by atoms with E-state index < -0.39 is 0 Å². The molecule has 0 amide bonds. The van der Waals surface area contributed by atoms with Gasteiger partial charge in [0.25, 0.3) is 0 Å². The molecule has 7 heteroatoms. The molecular formula is C23H27N5O2. The van der Waals surface area contributed by atoms with Gasteiger partial charge in [-0.3, -0.25) is 4.98 Å². The maximum Gasteiger partial charge on any atom is 0.219 e. The quantitative estimate of drug-likeness (QED) is 0.415. The Morgan fingerprint density at radius 2 is 1.77 bits per heavy atom. The summed E-state index contributed by atoms with van der Waals surface area (Å²) in [6.07, 6.45) is 3.55. The van der Waals surface area contributed by atoms with Gasteiger partial charge in [-0.2, -0.15) is 0 Å². The first-order valence-electron chi connectivity index (χ1n) is 10.0. The van der Waals surface area contributed by atoms with Gasteiger partial charge in [-0.05, 0) is 43.7 Å². The molecule has 0 spiro atoms. The Morgan fingerprint density at radius 3 is 2.47 bits per heavy atom. The third-order valence-electron chi connectivity index (χ3n) is 4.09. The van der Waals surface area contributed by atoms with Gasteiger partial charge in [0.15, 0.2) is 17.5 Å². The molecule has 3 rings (SSSR count). The van der Waals surface area contributed by atoms with Crippen LogP contribution in [-0.2, 0) is 13.1 Å². The molecule has 0 bridgehead atoms. The average molecular weight is 406 g/mol. The molecule has 0 atom stereocenters. The fourth-order valence-electron chi connectivity index (χ4n) is 2.68. The van der Waals surface area contributed by atoms with Crippen LogP contribution in [0.1, 0.15) is 25.1 Å². The van der Waals surface area contributed by atoms with Crippen LogP contribution in [0.15, 0.2) is 72.0 Å². The van der Waals surface area contributed by atoms with Gasteiger partial charge < -0.3 is 20.1 Å². The molecule has 0 saturated heterocycles. The van der Waals surface area contributed by atoms with Crippen LogP contribution in [-0.4, -0.2) is 29.1 Å². The Balaban J connectivity index is 1.59. The molecule has 1 aromatic carbocycles. The summed E-state index contributed by atoms with van der Waals surface area (Å²) >= 11 is 0. The first kappa shape index (κ1) is 21.1. The van der Waals surface area contributed by atoms with Crippen molar-refractivity contribution in [2.45, 2.75) is 26.9 Å². The number of hydrogen-bond acceptors (Lipinski definition) is 5. The number of ether oxygens (including phenoxy) is 2. The molecule has 2 aromatic heterocycles. The van der Waals surface area contributed by atoms with Gasteiger partial charge in [-0.1, -0.05) is 24.3 Å². The Kier molecular flexibility index (Phi) is 8.02. The number of benzene rings is 1. The lowest BCUT2D eigenvalue weighted by molar-refractivity contribution is 0.319. The topological polar surface area (TPSA) is 80.7 Å². The summed E-state index contributed by atoms with van der Waals surface area (Å²) in [4.78, 5) is 13.3. The first-order valence-corrected chi connectivity index (χ1v) is 10.0. The van der Waals surface area contributed by atoms with E-state index in [-0.39, 0.29) is 0 Å². The Morgan fingerprint density at radius 1 is 0.933 bits per heavy atom. The van der Waals surface area contributed by atoms with Crippen molar-refractivity contribution in [3.05, 3.63) is 78.2 Å². The number of guanidine groups is 1. The van der Waals surface area contributed by atoms with E-state index in [4.69, 9.17) is 9.47 Å². The van der Waals surface area contributed by atoms with E-state index in [1.165, 1.54) is 0 Å². The molecule has 2 heterocycles. The van der Waals surface area contributed by atoms with Crippen LogP contribution >= 0.6 is 0 Å². The fraction of sp³-hybridized carbons (Fsp3) is 0.261. The zero-order chi connectivity index (χ0) is 21.0. The summed E-state index contributed by atoms with van der Waals surface area (Å²) in [5, 5.41) is 6.52. The van der Waals surface area contributed by atoms with Gasteiger partial charge in [0.1, 0.15) is 0 Å². The highest BCUT2D eigenvalue weighted by Gasteiger charge is 2.06. The zero-order valence-corrected chi connectivity index (χ0v) is 17.3. The van der Waals surface area contributed by atoms with E-state index in [1.54, 1.807) is 12.4 Å². The van der Waals surface area contributed by atoms with Gasteiger partial charge in [0, 0.05) is 25.0 Å². The molecule has 3 aromatic rings. The average Bonchev–Trinajstić information content (AvgIpc) is 2.79. The number of nitrogens with one attached hydrogen (secondary N) is 2. The number of para-hydroxylation sites is 2. The zero-order valence-electron chi connectivity index (χ0n) is 17.3. The Labute approximate surface area is 177 Å². The van der Waals surface area contributed by atoms with Crippen LogP contribution in [0.4, 0.5) is 0 Å². The van der Waals surface area contributed by atoms with E-state index in [0.29, 0.717) is 37.1 Å². The summed E-state index contributed by atoms with van der Waals surface area (Å²) in [6, 6.07) is 17.2. The van der Waals surface area contributed by atoms with E-state index in [0.717, 1.165) is 23.8 Å². The Hall–Kier alpha value is -3.61. The second-order valence-corrected chi connectivity index (χ2v) is 6.36. The molecule has 0 unspecified atom stereocenters. The molecule has 0 aliphatic rings. The van der Waals surface area contributed by atoms with Crippen LogP contribution in [0.25, 0.3) is 0 Å². The molecular weight excluding hydrogens is 378 g/mol. The summed E-state index contributed by atoms with van der Waals surface area (Å²) in [5.41, 5.74) is 1.94.